The van der Waals surface area contributed by atoms with E-state index in [9.17, 15) is 9.59 Å². The molecule has 1 aliphatic heterocycles. The SMILES string of the molecule is O=C(NCC1CCN(C(=O)C2CCCCC2)CC1)C1CCCCC1. The van der Waals surface area contributed by atoms with Crippen LogP contribution in [0.25, 0.3) is 0 Å². The van der Waals surface area contributed by atoms with E-state index in [2.05, 4.69) is 10.2 Å². The van der Waals surface area contributed by atoms with Crippen molar-refractivity contribution < 1.29 is 9.59 Å². The van der Waals surface area contributed by atoms with E-state index in [1.54, 1.807) is 0 Å². The molecule has 24 heavy (non-hydrogen) atoms. The monoisotopic (exact) mass is 334 g/mol. The zero-order valence-electron chi connectivity index (χ0n) is 15.1. The summed E-state index contributed by atoms with van der Waals surface area (Å²) in [5.41, 5.74) is 0. The Morgan fingerprint density at radius 3 is 1.88 bits per heavy atom. The van der Waals surface area contributed by atoms with Crippen molar-refractivity contribution >= 4 is 11.8 Å². The molecule has 0 radical (unpaired) electrons. The Kier molecular flexibility index (Phi) is 6.56. The fourth-order valence-electron chi connectivity index (χ4n) is 4.72. The number of hydrogen-bond donors (Lipinski definition) is 1. The van der Waals surface area contributed by atoms with Gasteiger partial charge in [-0.15, -0.1) is 0 Å². The molecular formula is C20H34N2O2. The predicted molar refractivity (Wildman–Crippen MR) is 95.5 cm³/mol. The van der Waals surface area contributed by atoms with Gasteiger partial charge in [0.05, 0.1) is 0 Å². The minimum absolute atomic E-state index is 0.256. The van der Waals surface area contributed by atoms with E-state index in [0.29, 0.717) is 17.7 Å². The van der Waals surface area contributed by atoms with Gasteiger partial charge in [0, 0.05) is 31.5 Å². The summed E-state index contributed by atoms with van der Waals surface area (Å²) >= 11 is 0. The molecule has 0 spiro atoms. The number of nitrogens with one attached hydrogen (secondary N) is 1. The summed E-state index contributed by atoms with van der Waals surface area (Å²) in [6, 6.07) is 0. The Bertz CT molecular complexity index is 417. The van der Waals surface area contributed by atoms with Crippen molar-refractivity contribution in [3.05, 3.63) is 0 Å². The van der Waals surface area contributed by atoms with E-state index in [1.165, 1.54) is 38.5 Å². The molecule has 0 aromatic carbocycles. The maximum absolute atomic E-state index is 12.6. The topological polar surface area (TPSA) is 49.4 Å². The molecule has 3 fully saturated rings. The van der Waals surface area contributed by atoms with Gasteiger partial charge in [0.15, 0.2) is 0 Å². The number of hydrogen-bond acceptors (Lipinski definition) is 2. The number of rotatable bonds is 4. The molecule has 0 bridgehead atoms. The van der Waals surface area contributed by atoms with Crippen LogP contribution in [0, 0.1) is 17.8 Å². The third kappa shape index (κ3) is 4.73. The van der Waals surface area contributed by atoms with Crippen molar-refractivity contribution in [2.75, 3.05) is 19.6 Å². The maximum Gasteiger partial charge on any atom is 0.225 e. The molecule has 1 saturated heterocycles. The van der Waals surface area contributed by atoms with Crippen LogP contribution in [0.4, 0.5) is 0 Å². The molecule has 3 aliphatic rings. The number of nitrogens with zero attached hydrogens (tertiary/aromatic N) is 1. The van der Waals surface area contributed by atoms with E-state index >= 15 is 0 Å². The van der Waals surface area contributed by atoms with Crippen molar-refractivity contribution in [2.24, 2.45) is 17.8 Å². The molecular weight excluding hydrogens is 300 g/mol. The minimum Gasteiger partial charge on any atom is -0.356 e. The second-order valence-electron chi connectivity index (χ2n) is 8.18. The second-order valence-corrected chi connectivity index (χ2v) is 8.18. The minimum atomic E-state index is 0.256. The Hall–Kier alpha value is -1.06. The van der Waals surface area contributed by atoms with Crippen molar-refractivity contribution in [2.45, 2.75) is 77.0 Å². The first-order chi connectivity index (χ1) is 11.7. The van der Waals surface area contributed by atoms with Crippen LogP contribution in [0.2, 0.25) is 0 Å². The first kappa shape index (κ1) is 17.8. The van der Waals surface area contributed by atoms with Crippen molar-refractivity contribution in [1.82, 2.24) is 10.2 Å². The zero-order valence-corrected chi connectivity index (χ0v) is 15.1. The Balaban J connectivity index is 1.35. The summed E-state index contributed by atoms with van der Waals surface area (Å²) in [5, 5.41) is 3.19. The molecule has 1 heterocycles. The van der Waals surface area contributed by atoms with Crippen molar-refractivity contribution in [3.8, 4) is 0 Å². The summed E-state index contributed by atoms with van der Waals surface area (Å²) in [6.07, 6.45) is 13.9. The lowest BCUT2D eigenvalue weighted by atomic mass is 9.87. The normalized spacial score (nSPS) is 24.8. The molecule has 3 rings (SSSR count). The lowest BCUT2D eigenvalue weighted by molar-refractivity contribution is -0.138. The summed E-state index contributed by atoms with van der Waals surface area (Å²) in [5.74, 6) is 1.77. The van der Waals surface area contributed by atoms with E-state index < -0.39 is 0 Å². The Labute approximate surface area is 146 Å². The first-order valence-corrected chi connectivity index (χ1v) is 10.3. The van der Waals surface area contributed by atoms with Gasteiger partial charge in [0.25, 0.3) is 0 Å². The van der Waals surface area contributed by atoms with Gasteiger partial charge in [-0.25, -0.2) is 0 Å². The standard InChI is InChI=1S/C20H34N2O2/c23-19(17-7-3-1-4-8-17)21-15-16-11-13-22(14-12-16)20(24)18-9-5-2-6-10-18/h16-18H,1-15H2,(H,21,23). The molecule has 1 N–H and O–H groups in total. The highest BCUT2D eigenvalue weighted by molar-refractivity contribution is 5.79. The molecule has 0 aromatic heterocycles. The summed E-state index contributed by atoms with van der Waals surface area (Å²) in [6.45, 7) is 2.58. The summed E-state index contributed by atoms with van der Waals surface area (Å²) in [4.78, 5) is 26.9. The number of carbonyl (C=O) groups excluding carboxylic acids is 2. The molecule has 0 atom stereocenters. The van der Waals surface area contributed by atoms with Crippen LogP contribution >= 0.6 is 0 Å². The maximum atomic E-state index is 12.6. The number of amides is 2. The lowest BCUT2D eigenvalue weighted by Crippen LogP contribution is -2.44. The highest BCUT2D eigenvalue weighted by Crippen LogP contribution is 2.28. The van der Waals surface area contributed by atoms with Gasteiger partial charge < -0.3 is 10.2 Å². The zero-order chi connectivity index (χ0) is 16.8. The number of piperidine rings is 1. The molecule has 136 valence electrons. The molecule has 4 nitrogen and oxygen atoms in total. The Morgan fingerprint density at radius 2 is 1.29 bits per heavy atom. The van der Waals surface area contributed by atoms with Crippen LogP contribution in [0.15, 0.2) is 0 Å². The van der Waals surface area contributed by atoms with Gasteiger partial charge in [-0.2, -0.15) is 0 Å². The van der Waals surface area contributed by atoms with Gasteiger partial charge >= 0.3 is 0 Å². The lowest BCUT2D eigenvalue weighted by Gasteiger charge is -2.35. The fourth-order valence-corrected chi connectivity index (χ4v) is 4.72. The summed E-state index contributed by atoms with van der Waals surface area (Å²) in [7, 11) is 0. The van der Waals surface area contributed by atoms with Crippen LogP contribution in [0.3, 0.4) is 0 Å². The van der Waals surface area contributed by atoms with E-state index in [1.807, 2.05) is 0 Å². The molecule has 2 saturated carbocycles. The van der Waals surface area contributed by atoms with Crippen LogP contribution in [0.1, 0.15) is 77.0 Å². The van der Waals surface area contributed by atoms with Gasteiger partial charge in [-0.3, -0.25) is 9.59 Å². The van der Waals surface area contributed by atoms with Crippen LogP contribution < -0.4 is 5.32 Å². The smallest absolute Gasteiger partial charge is 0.225 e. The van der Waals surface area contributed by atoms with E-state index in [-0.39, 0.29) is 11.8 Å². The van der Waals surface area contributed by atoms with Crippen molar-refractivity contribution in [3.63, 3.8) is 0 Å². The highest BCUT2D eigenvalue weighted by Gasteiger charge is 2.29. The van der Waals surface area contributed by atoms with Crippen LogP contribution in [0.5, 0.6) is 0 Å². The second kappa shape index (κ2) is 8.87. The quantitative estimate of drug-likeness (QED) is 0.855. The van der Waals surface area contributed by atoms with Gasteiger partial charge in [-0.05, 0) is 44.4 Å². The number of carbonyl (C=O) groups is 2. The van der Waals surface area contributed by atoms with Crippen LogP contribution in [-0.4, -0.2) is 36.3 Å². The third-order valence-electron chi connectivity index (χ3n) is 6.42. The summed E-state index contributed by atoms with van der Waals surface area (Å²) < 4.78 is 0. The van der Waals surface area contributed by atoms with Crippen molar-refractivity contribution in [1.29, 1.82) is 0 Å². The molecule has 0 unspecified atom stereocenters. The average molecular weight is 335 g/mol. The van der Waals surface area contributed by atoms with Gasteiger partial charge in [0.1, 0.15) is 0 Å². The first-order valence-electron chi connectivity index (χ1n) is 10.3. The largest absolute Gasteiger partial charge is 0.356 e. The van der Waals surface area contributed by atoms with E-state index in [4.69, 9.17) is 0 Å². The predicted octanol–water partition coefficient (Wildman–Crippen LogP) is 3.50. The molecule has 2 amide bonds. The van der Waals surface area contributed by atoms with E-state index in [0.717, 1.165) is 58.2 Å². The molecule has 4 heteroatoms. The molecule has 2 aliphatic carbocycles. The number of likely N-dealkylation sites (tertiary alicyclic amines) is 1. The molecule has 0 aromatic rings. The highest BCUT2D eigenvalue weighted by atomic mass is 16.2. The average Bonchev–Trinajstić information content (AvgIpc) is 2.67. The van der Waals surface area contributed by atoms with Gasteiger partial charge in [-0.1, -0.05) is 38.5 Å². The third-order valence-corrected chi connectivity index (χ3v) is 6.42. The Morgan fingerprint density at radius 1 is 0.750 bits per heavy atom. The fraction of sp³-hybridized carbons (Fsp3) is 0.900. The van der Waals surface area contributed by atoms with Gasteiger partial charge in [0.2, 0.25) is 11.8 Å². The van der Waals surface area contributed by atoms with Crippen LogP contribution in [-0.2, 0) is 9.59 Å².